The first-order valence-corrected chi connectivity index (χ1v) is 5.51. The number of aromatic nitrogens is 3. The van der Waals surface area contributed by atoms with E-state index in [-0.39, 0.29) is 0 Å². The fourth-order valence-electron chi connectivity index (χ4n) is 1.87. The van der Waals surface area contributed by atoms with Crippen LogP contribution >= 0.6 is 0 Å². The van der Waals surface area contributed by atoms with Crippen LogP contribution in [-0.4, -0.2) is 21.6 Å². The molecule has 5 heteroatoms. The Balaban J connectivity index is 2.13. The first-order chi connectivity index (χ1) is 8.78. The van der Waals surface area contributed by atoms with Gasteiger partial charge in [-0.05, 0) is 24.3 Å². The third-order valence-electron chi connectivity index (χ3n) is 2.78. The molecule has 5 nitrogen and oxygen atoms in total. The molecular formula is C13H12N4O. The fraction of sp³-hybridized carbons (Fsp3) is 0.0769. The number of fused-ring (bicyclic) bond motifs is 1. The summed E-state index contributed by atoms with van der Waals surface area (Å²) in [6.45, 7) is 0. The summed E-state index contributed by atoms with van der Waals surface area (Å²) < 4.78 is 7.00. The first kappa shape index (κ1) is 10.6. The number of methoxy groups -OCH3 is 1. The largest absolute Gasteiger partial charge is 0.481 e. The number of hydrogen-bond donors (Lipinski definition) is 1. The van der Waals surface area contributed by atoms with Gasteiger partial charge in [0.15, 0.2) is 0 Å². The van der Waals surface area contributed by atoms with E-state index >= 15 is 0 Å². The van der Waals surface area contributed by atoms with Crippen molar-refractivity contribution in [3.63, 3.8) is 0 Å². The lowest BCUT2D eigenvalue weighted by molar-refractivity contribution is 0.398. The van der Waals surface area contributed by atoms with Crippen molar-refractivity contribution in [1.29, 1.82) is 0 Å². The second-order valence-electron chi connectivity index (χ2n) is 3.92. The molecule has 2 N–H and O–H groups in total. The van der Waals surface area contributed by atoms with Gasteiger partial charge in [-0.15, -0.1) is 0 Å². The molecule has 2 aromatic heterocycles. The van der Waals surface area contributed by atoms with Gasteiger partial charge >= 0.3 is 0 Å². The van der Waals surface area contributed by atoms with Crippen LogP contribution in [0.15, 0.2) is 42.9 Å². The zero-order valence-electron chi connectivity index (χ0n) is 9.87. The maximum Gasteiger partial charge on any atom is 0.213 e. The van der Waals surface area contributed by atoms with Crippen molar-refractivity contribution in [3.8, 4) is 11.6 Å². The van der Waals surface area contributed by atoms with Gasteiger partial charge in [-0.3, -0.25) is 4.57 Å². The van der Waals surface area contributed by atoms with Crippen molar-refractivity contribution < 1.29 is 4.74 Å². The van der Waals surface area contributed by atoms with Crippen molar-refractivity contribution in [2.24, 2.45) is 0 Å². The number of anilines is 1. The molecule has 3 aromatic rings. The van der Waals surface area contributed by atoms with Crippen LogP contribution < -0.4 is 10.5 Å². The van der Waals surface area contributed by atoms with Gasteiger partial charge in [0.05, 0.1) is 30.0 Å². The molecule has 0 bridgehead atoms. The van der Waals surface area contributed by atoms with E-state index in [1.165, 1.54) is 0 Å². The summed E-state index contributed by atoms with van der Waals surface area (Å²) in [6, 6.07) is 9.41. The van der Waals surface area contributed by atoms with Crippen molar-refractivity contribution >= 4 is 16.7 Å². The van der Waals surface area contributed by atoms with E-state index in [1.807, 2.05) is 34.9 Å². The number of ether oxygens (including phenoxy) is 1. The van der Waals surface area contributed by atoms with Gasteiger partial charge in [0.25, 0.3) is 0 Å². The Bertz CT molecular complexity index is 688. The van der Waals surface area contributed by atoms with Gasteiger partial charge in [0.2, 0.25) is 5.88 Å². The molecule has 0 unspecified atom stereocenters. The molecule has 0 radical (unpaired) electrons. The lowest BCUT2D eigenvalue weighted by atomic mass is 10.3. The number of rotatable bonds is 2. The molecule has 0 aliphatic carbocycles. The molecule has 0 aliphatic rings. The van der Waals surface area contributed by atoms with Crippen molar-refractivity contribution in [2.75, 3.05) is 12.8 Å². The maximum atomic E-state index is 5.73. The second kappa shape index (κ2) is 4.03. The van der Waals surface area contributed by atoms with Crippen molar-refractivity contribution in [1.82, 2.24) is 14.5 Å². The highest BCUT2D eigenvalue weighted by molar-refractivity contribution is 5.80. The molecule has 0 fully saturated rings. The monoisotopic (exact) mass is 240 g/mol. The average Bonchev–Trinajstić information content (AvgIpc) is 2.81. The highest BCUT2D eigenvalue weighted by Gasteiger charge is 2.05. The van der Waals surface area contributed by atoms with E-state index in [0.717, 1.165) is 16.7 Å². The van der Waals surface area contributed by atoms with E-state index in [0.29, 0.717) is 11.6 Å². The molecule has 0 spiro atoms. The summed E-state index contributed by atoms with van der Waals surface area (Å²) in [7, 11) is 1.59. The number of pyridine rings is 1. The van der Waals surface area contributed by atoms with Crippen LogP contribution in [0.2, 0.25) is 0 Å². The molecule has 90 valence electrons. The van der Waals surface area contributed by atoms with E-state index in [1.54, 1.807) is 19.6 Å². The zero-order valence-corrected chi connectivity index (χ0v) is 9.87. The van der Waals surface area contributed by atoms with Gasteiger partial charge in [-0.2, -0.15) is 0 Å². The van der Waals surface area contributed by atoms with Gasteiger partial charge in [-0.1, -0.05) is 0 Å². The number of nitrogens with zero attached hydrogens (tertiary/aromatic N) is 3. The van der Waals surface area contributed by atoms with Crippen LogP contribution in [0.5, 0.6) is 5.88 Å². The minimum Gasteiger partial charge on any atom is -0.481 e. The Morgan fingerprint density at radius 3 is 2.78 bits per heavy atom. The zero-order chi connectivity index (χ0) is 12.5. The van der Waals surface area contributed by atoms with Gasteiger partial charge < -0.3 is 10.5 Å². The smallest absolute Gasteiger partial charge is 0.213 e. The number of benzene rings is 1. The summed E-state index contributed by atoms with van der Waals surface area (Å²) >= 11 is 0. The molecular weight excluding hydrogens is 228 g/mol. The normalized spacial score (nSPS) is 10.7. The van der Waals surface area contributed by atoms with Crippen molar-refractivity contribution in [3.05, 3.63) is 42.9 Å². The molecule has 1 aromatic carbocycles. The summed E-state index contributed by atoms with van der Waals surface area (Å²) in [4.78, 5) is 8.50. The molecule has 0 saturated carbocycles. The van der Waals surface area contributed by atoms with Crippen LogP contribution in [-0.2, 0) is 0 Å². The predicted molar refractivity (Wildman–Crippen MR) is 69.8 cm³/mol. The lowest BCUT2D eigenvalue weighted by Gasteiger charge is -2.05. The average molecular weight is 240 g/mol. The Labute approximate surface area is 104 Å². The van der Waals surface area contributed by atoms with Gasteiger partial charge in [-0.25, -0.2) is 9.97 Å². The fourth-order valence-corrected chi connectivity index (χ4v) is 1.87. The van der Waals surface area contributed by atoms with E-state index in [9.17, 15) is 0 Å². The molecule has 3 rings (SSSR count). The van der Waals surface area contributed by atoms with E-state index in [4.69, 9.17) is 10.5 Å². The maximum absolute atomic E-state index is 5.73. The van der Waals surface area contributed by atoms with E-state index < -0.39 is 0 Å². The summed E-state index contributed by atoms with van der Waals surface area (Å²) in [5, 5.41) is 0. The SMILES string of the molecule is COc1ccc(-n2cnc3cc(N)ccc32)cn1. The summed E-state index contributed by atoms with van der Waals surface area (Å²) in [5.74, 6) is 0.590. The summed E-state index contributed by atoms with van der Waals surface area (Å²) in [5.41, 5.74) is 9.24. The Hall–Kier alpha value is -2.56. The van der Waals surface area contributed by atoms with Gasteiger partial charge in [0, 0.05) is 11.8 Å². The molecule has 18 heavy (non-hydrogen) atoms. The second-order valence-corrected chi connectivity index (χ2v) is 3.92. The number of nitrogen functional groups attached to an aromatic ring is 1. The Kier molecular flexibility index (Phi) is 2.37. The number of hydrogen-bond acceptors (Lipinski definition) is 4. The third kappa shape index (κ3) is 1.66. The molecule has 0 saturated heterocycles. The molecule has 0 aliphatic heterocycles. The lowest BCUT2D eigenvalue weighted by Crippen LogP contribution is -1.94. The van der Waals surface area contributed by atoms with Crippen molar-refractivity contribution in [2.45, 2.75) is 0 Å². The van der Waals surface area contributed by atoms with Crippen LogP contribution in [0.1, 0.15) is 0 Å². The highest BCUT2D eigenvalue weighted by Crippen LogP contribution is 2.20. The number of imidazole rings is 1. The van der Waals surface area contributed by atoms with Crippen LogP contribution in [0, 0.1) is 0 Å². The molecule has 2 heterocycles. The molecule has 0 atom stereocenters. The minimum absolute atomic E-state index is 0.590. The highest BCUT2D eigenvalue weighted by atomic mass is 16.5. The Morgan fingerprint density at radius 1 is 1.17 bits per heavy atom. The predicted octanol–water partition coefficient (Wildman–Crippen LogP) is 2.01. The summed E-state index contributed by atoms with van der Waals surface area (Å²) in [6.07, 6.45) is 3.50. The Morgan fingerprint density at radius 2 is 2.06 bits per heavy atom. The third-order valence-corrected chi connectivity index (χ3v) is 2.78. The topological polar surface area (TPSA) is 66.0 Å². The van der Waals surface area contributed by atoms with E-state index in [2.05, 4.69) is 9.97 Å². The van der Waals surface area contributed by atoms with Gasteiger partial charge in [0.1, 0.15) is 6.33 Å². The van der Waals surface area contributed by atoms with Crippen LogP contribution in [0.3, 0.4) is 0 Å². The minimum atomic E-state index is 0.590. The quantitative estimate of drug-likeness (QED) is 0.696. The van der Waals surface area contributed by atoms with Crippen LogP contribution in [0.4, 0.5) is 5.69 Å². The standard InChI is InChI=1S/C13H12N4O/c1-18-13-5-3-10(7-15-13)17-8-16-11-6-9(14)2-4-12(11)17/h2-8H,14H2,1H3. The molecule has 0 amide bonds. The van der Waals surface area contributed by atoms with Crippen LogP contribution in [0.25, 0.3) is 16.7 Å². The number of nitrogens with two attached hydrogens (primary N) is 1. The first-order valence-electron chi connectivity index (χ1n) is 5.51.